The molecule has 1 unspecified atom stereocenters. The number of allylic oxidation sites excluding steroid dienone is 2. The van der Waals surface area contributed by atoms with Crippen LogP contribution in [0.4, 0.5) is 5.95 Å². The molecular formula is C26H28N4O2. The second-order valence-corrected chi connectivity index (χ2v) is 9.35. The van der Waals surface area contributed by atoms with Gasteiger partial charge in [-0.2, -0.15) is 4.98 Å². The number of aryl methyl sites for hydroxylation is 1. The van der Waals surface area contributed by atoms with Gasteiger partial charge in [0, 0.05) is 28.8 Å². The minimum Gasteiger partial charge on any atom is -0.494 e. The summed E-state index contributed by atoms with van der Waals surface area (Å²) in [5.41, 5.74) is 4.63. The third-order valence-corrected chi connectivity index (χ3v) is 6.23. The van der Waals surface area contributed by atoms with E-state index < -0.39 is 0 Å². The van der Waals surface area contributed by atoms with Crippen LogP contribution in [0.25, 0.3) is 11.4 Å². The van der Waals surface area contributed by atoms with Crippen LogP contribution in [0.15, 0.2) is 59.8 Å². The average Bonchev–Trinajstić information content (AvgIpc) is 3.16. The highest BCUT2D eigenvalue weighted by Crippen LogP contribution is 2.47. The van der Waals surface area contributed by atoms with Gasteiger partial charge in [0.1, 0.15) is 11.8 Å². The number of aromatic nitrogens is 3. The number of ketones is 1. The Morgan fingerprint density at radius 2 is 1.88 bits per heavy atom. The molecule has 0 amide bonds. The molecule has 0 bridgehead atoms. The van der Waals surface area contributed by atoms with Crippen molar-refractivity contribution in [3.63, 3.8) is 0 Å². The molecule has 2 heterocycles. The number of carbonyl (C=O) groups is 1. The second-order valence-electron chi connectivity index (χ2n) is 9.35. The predicted octanol–water partition coefficient (Wildman–Crippen LogP) is 5.31. The molecule has 6 heteroatoms. The van der Waals surface area contributed by atoms with Gasteiger partial charge in [0.25, 0.3) is 0 Å². The monoisotopic (exact) mass is 428 g/mol. The fourth-order valence-electron chi connectivity index (χ4n) is 4.83. The van der Waals surface area contributed by atoms with E-state index in [1.165, 1.54) is 0 Å². The molecule has 1 aliphatic heterocycles. The normalized spacial score (nSPS) is 19.2. The molecule has 1 aliphatic carbocycles. The van der Waals surface area contributed by atoms with Crippen LogP contribution in [-0.4, -0.2) is 27.2 Å². The fraction of sp³-hybridized carbons (Fsp3) is 0.346. The molecular weight excluding hydrogens is 400 g/mol. The van der Waals surface area contributed by atoms with Crippen LogP contribution in [0.3, 0.4) is 0 Å². The zero-order valence-electron chi connectivity index (χ0n) is 19.0. The summed E-state index contributed by atoms with van der Waals surface area (Å²) in [4.78, 5) is 18.3. The largest absolute Gasteiger partial charge is 0.494 e. The zero-order valence-corrected chi connectivity index (χ0v) is 19.0. The number of rotatable bonds is 4. The standard InChI is InChI=1S/C26H28N4O2/c1-5-32-21-13-9-8-12-18(21)23-22-19(14-26(3,4)15-20(22)31)27-25-28-24(29-30(23)25)17-11-7-6-10-16(17)2/h6-13,23H,5,14-15H2,1-4H3,(H,27,28,29). The Balaban J connectivity index is 1.72. The van der Waals surface area contributed by atoms with Crippen molar-refractivity contribution in [3.05, 3.63) is 70.9 Å². The van der Waals surface area contributed by atoms with Crippen LogP contribution >= 0.6 is 0 Å². The number of para-hydroxylation sites is 1. The fourth-order valence-corrected chi connectivity index (χ4v) is 4.83. The topological polar surface area (TPSA) is 69.0 Å². The van der Waals surface area contributed by atoms with Crippen LogP contribution < -0.4 is 10.1 Å². The number of Topliss-reactive ketones (excluding diaryl/α,β-unsaturated/α-hetero) is 1. The second kappa shape index (κ2) is 7.62. The molecule has 2 aliphatic rings. The highest BCUT2D eigenvalue weighted by atomic mass is 16.5. The molecule has 0 saturated heterocycles. The SMILES string of the molecule is CCOc1ccccc1C1C2=C(CC(C)(C)CC2=O)Nc2nc(-c3ccccc3C)nn21. The molecule has 164 valence electrons. The molecule has 0 saturated carbocycles. The van der Waals surface area contributed by atoms with Crippen LogP contribution in [0.5, 0.6) is 5.75 Å². The van der Waals surface area contributed by atoms with Crippen LogP contribution in [0, 0.1) is 12.3 Å². The number of nitrogens with zero attached hydrogens (tertiary/aromatic N) is 3. The molecule has 3 aromatic rings. The van der Waals surface area contributed by atoms with Gasteiger partial charge in [-0.25, -0.2) is 4.68 Å². The van der Waals surface area contributed by atoms with E-state index >= 15 is 0 Å². The maximum atomic E-state index is 13.4. The maximum absolute atomic E-state index is 13.4. The highest BCUT2D eigenvalue weighted by Gasteiger charge is 2.42. The van der Waals surface area contributed by atoms with E-state index in [2.05, 4.69) is 32.2 Å². The number of nitrogens with one attached hydrogen (secondary N) is 1. The van der Waals surface area contributed by atoms with Gasteiger partial charge in [-0.3, -0.25) is 4.79 Å². The Bertz CT molecular complexity index is 1240. The summed E-state index contributed by atoms with van der Waals surface area (Å²) in [6, 6.07) is 15.6. The van der Waals surface area contributed by atoms with Gasteiger partial charge in [-0.15, -0.1) is 5.10 Å². The lowest BCUT2D eigenvalue weighted by atomic mass is 9.73. The quantitative estimate of drug-likeness (QED) is 0.610. The van der Waals surface area contributed by atoms with Gasteiger partial charge in [0.15, 0.2) is 11.6 Å². The number of anilines is 1. The molecule has 1 atom stereocenters. The minimum absolute atomic E-state index is 0.103. The van der Waals surface area contributed by atoms with Gasteiger partial charge in [-0.05, 0) is 37.3 Å². The highest BCUT2D eigenvalue weighted by molar-refractivity contribution is 6.00. The Morgan fingerprint density at radius 3 is 2.66 bits per heavy atom. The van der Waals surface area contributed by atoms with Crippen molar-refractivity contribution in [2.45, 2.75) is 46.6 Å². The van der Waals surface area contributed by atoms with E-state index in [0.29, 0.717) is 24.8 Å². The number of hydrogen-bond acceptors (Lipinski definition) is 5. The predicted molar refractivity (Wildman–Crippen MR) is 125 cm³/mol. The molecule has 0 radical (unpaired) electrons. The Kier molecular flexibility index (Phi) is 4.88. The summed E-state index contributed by atoms with van der Waals surface area (Å²) in [7, 11) is 0. The van der Waals surface area contributed by atoms with Crippen molar-refractivity contribution in [1.82, 2.24) is 14.8 Å². The third-order valence-electron chi connectivity index (χ3n) is 6.23. The van der Waals surface area contributed by atoms with Crippen LogP contribution in [-0.2, 0) is 4.79 Å². The molecule has 6 nitrogen and oxygen atoms in total. The number of carbonyl (C=O) groups excluding carboxylic acids is 1. The first-order valence-corrected chi connectivity index (χ1v) is 11.2. The molecule has 1 aromatic heterocycles. The molecule has 0 spiro atoms. The van der Waals surface area contributed by atoms with Crippen LogP contribution in [0.2, 0.25) is 0 Å². The van der Waals surface area contributed by atoms with Gasteiger partial charge >= 0.3 is 0 Å². The molecule has 2 aromatic carbocycles. The van der Waals surface area contributed by atoms with Gasteiger partial charge in [0.2, 0.25) is 5.95 Å². The Hall–Kier alpha value is -3.41. The Labute approximate surface area is 188 Å². The lowest BCUT2D eigenvalue weighted by Gasteiger charge is -2.38. The number of benzene rings is 2. The first-order valence-electron chi connectivity index (χ1n) is 11.2. The summed E-state index contributed by atoms with van der Waals surface area (Å²) in [6.07, 6.45) is 1.30. The van der Waals surface area contributed by atoms with Gasteiger partial charge < -0.3 is 10.1 Å². The number of hydrogen-bond donors (Lipinski definition) is 1. The van der Waals surface area contributed by atoms with Crippen molar-refractivity contribution in [2.24, 2.45) is 5.41 Å². The molecule has 32 heavy (non-hydrogen) atoms. The number of ether oxygens (including phenoxy) is 1. The van der Waals surface area contributed by atoms with E-state index in [9.17, 15) is 4.79 Å². The first kappa shape index (κ1) is 20.5. The molecule has 0 fully saturated rings. The third kappa shape index (κ3) is 3.40. The van der Waals surface area contributed by atoms with Gasteiger partial charge in [-0.1, -0.05) is 56.3 Å². The van der Waals surface area contributed by atoms with Crippen molar-refractivity contribution < 1.29 is 9.53 Å². The summed E-state index contributed by atoms with van der Waals surface area (Å²) < 4.78 is 7.81. The lowest BCUT2D eigenvalue weighted by Crippen LogP contribution is -2.36. The summed E-state index contributed by atoms with van der Waals surface area (Å²) in [6.45, 7) is 8.85. The Morgan fingerprint density at radius 1 is 1.12 bits per heavy atom. The summed E-state index contributed by atoms with van der Waals surface area (Å²) in [5, 5.41) is 8.36. The molecule has 1 N–H and O–H groups in total. The van der Waals surface area contributed by atoms with Crippen molar-refractivity contribution in [3.8, 4) is 17.1 Å². The summed E-state index contributed by atoms with van der Waals surface area (Å²) >= 11 is 0. The lowest BCUT2D eigenvalue weighted by molar-refractivity contribution is -0.118. The molecule has 5 rings (SSSR count). The number of fused-ring (bicyclic) bond motifs is 1. The smallest absolute Gasteiger partial charge is 0.226 e. The van der Waals surface area contributed by atoms with E-state index in [0.717, 1.165) is 40.1 Å². The van der Waals surface area contributed by atoms with E-state index in [-0.39, 0.29) is 17.2 Å². The van der Waals surface area contributed by atoms with Crippen molar-refractivity contribution >= 4 is 11.7 Å². The summed E-state index contributed by atoms with van der Waals surface area (Å²) in [5.74, 6) is 2.23. The zero-order chi connectivity index (χ0) is 22.5. The van der Waals surface area contributed by atoms with E-state index in [1.54, 1.807) is 0 Å². The van der Waals surface area contributed by atoms with Crippen molar-refractivity contribution in [2.75, 3.05) is 11.9 Å². The minimum atomic E-state index is -0.377. The average molecular weight is 429 g/mol. The maximum Gasteiger partial charge on any atom is 0.226 e. The van der Waals surface area contributed by atoms with Gasteiger partial charge in [0.05, 0.1) is 6.61 Å². The first-order chi connectivity index (χ1) is 15.4. The van der Waals surface area contributed by atoms with Crippen LogP contribution in [0.1, 0.15) is 50.8 Å². The van der Waals surface area contributed by atoms with E-state index in [4.69, 9.17) is 14.8 Å². The van der Waals surface area contributed by atoms with Crippen molar-refractivity contribution in [1.29, 1.82) is 0 Å². The van der Waals surface area contributed by atoms with E-state index in [1.807, 2.05) is 54.1 Å².